The normalized spacial score (nSPS) is 21.5. The third-order valence-electron chi connectivity index (χ3n) is 4.11. The number of aryl methyl sites for hydroxylation is 2. The van der Waals surface area contributed by atoms with Gasteiger partial charge in [-0.05, 0) is 26.3 Å². The highest BCUT2D eigenvalue weighted by Gasteiger charge is 2.35. The fourth-order valence-corrected chi connectivity index (χ4v) is 2.92. The summed E-state index contributed by atoms with van der Waals surface area (Å²) in [6.45, 7) is 5.24. The van der Waals surface area contributed by atoms with Crippen molar-refractivity contribution >= 4 is 17.8 Å². The average Bonchev–Trinajstić information content (AvgIpc) is 2.87. The highest BCUT2D eigenvalue weighted by atomic mass is 16.2. The monoisotopic (exact) mass is 305 g/mol. The molecule has 2 saturated heterocycles. The Morgan fingerprint density at radius 2 is 2.09 bits per heavy atom. The maximum Gasteiger partial charge on any atom is 0.322 e. The van der Waals surface area contributed by atoms with Crippen molar-refractivity contribution in [2.75, 3.05) is 13.1 Å². The van der Waals surface area contributed by atoms with Gasteiger partial charge in [0.05, 0.1) is 11.7 Å². The number of aromatic nitrogens is 2. The van der Waals surface area contributed by atoms with Crippen LogP contribution in [0.4, 0.5) is 4.79 Å². The topological polar surface area (TPSA) is 96.3 Å². The van der Waals surface area contributed by atoms with Crippen molar-refractivity contribution in [3.63, 3.8) is 0 Å². The van der Waals surface area contributed by atoms with Crippen molar-refractivity contribution in [3.8, 4) is 0 Å². The Hall–Kier alpha value is -2.38. The van der Waals surface area contributed by atoms with Crippen LogP contribution >= 0.6 is 0 Å². The molecular formula is C14H19N5O3. The van der Waals surface area contributed by atoms with E-state index in [0.717, 1.165) is 11.4 Å². The van der Waals surface area contributed by atoms with Crippen LogP contribution in [0.1, 0.15) is 30.3 Å². The lowest BCUT2D eigenvalue weighted by Crippen LogP contribution is -2.51. The minimum absolute atomic E-state index is 0.00623. The maximum absolute atomic E-state index is 12.1. The molecule has 0 radical (unpaired) electrons. The molecular weight excluding hydrogens is 286 g/mol. The maximum atomic E-state index is 12.1. The Morgan fingerprint density at radius 3 is 2.64 bits per heavy atom. The van der Waals surface area contributed by atoms with Crippen molar-refractivity contribution < 1.29 is 14.4 Å². The second kappa shape index (κ2) is 5.43. The van der Waals surface area contributed by atoms with E-state index >= 15 is 0 Å². The predicted octanol–water partition coefficient (Wildman–Crippen LogP) is -0.129. The van der Waals surface area contributed by atoms with E-state index in [1.807, 2.05) is 24.6 Å². The second-order valence-corrected chi connectivity index (χ2v) is 5.88. The molecule has 1 unspecified atom stereocenters. The van der Waals surface area contributed by atoms with Crippen LogP contribution in [0.2, 0.25) is 0 Å². The van der Waals surface area contributed by atoms with E-state index < -0.39 is 12.1 Å². The van der Waals surface area contributed by atoms with E-state index in [1.54, 1.807) is 4.90 Å². The number of carbonyl (C=O) groups excluding carboxylic acids is 3. The van der Waals surface area contributed by atoms with Crippen LogP contribution in [-0.2, 0) is 9.59 Å². The molecule has 118 valence electrons. The van der Waals surface area contributed by atoms with Gasteiger partial charge in [-0.15, -0.1) is 0 Å². The number of nitrogens with one attached hydrogen (secondary N) is 2. The largest absolute Gasteiger partial charge is 0.338 e. The zero-order chi connectivity index (χ0) is 15.9. The van der Waals surface area contributed by atoms with E-state index in [4.69, 9.17) is 0 Å². The van der Waals surface area contributed by atoms with Gasteiger partial charge in [-0.3, -0.25) is 19.6 Å². The van der Waals surface area contributed by atoms with E-state index in [0.29, 0.717) is 19.5 Å². The van der Waals surface area contributed by atoms with Crippen molar-refractivity contribution in [1.29, 1.82) is 0 Å². The number of likely N-dealkylation sites (tertiary alicyclic amines) is 1. The molecule has 0 bridgehead atoms. The zero-order valence-corrected chi connectivity index (χ0v) is 12.6. The van der Waals surface area contributed by atoms with Crippen molar-refractivity contribution in [1.82, 2.24) is 25.3 Å². The summed E-state index contributed by atoms with van der Waals surface area (Å²) in [7, 11) is 0. The van der Waals surface area contributed by atoms with Crippen LogP contribution in [0.3, 0.4) is 0 Å². The number of rotatable bonds is 4. The highest BCUT2D eigenvalue weighted by Crippen LogP contribution is 2.23. The molecule has 22 heavy (non-hydrogen) atoms. The molecule has 0 aromatic carbocycles. The van der Waals surface area contributed by atoms with Crippen molar-refractivity contribution in [2.45, 2.75) is 38.8 Å². The van der Waals surface area contributed by atoms with Gasteiger partial charge in [0.15, 0.2) is 0 Å². The Bertz CT molecular complexity index is 632. The fourth-order valence-electron chi connectivity index (χ4n) is 2.92. The molecule has 2 N–H and O–H groups in total. The lowest BCUT2D eigenvalue weighted by atomic mass is 10.1. The lowest BCUT2D eigenvalue weighted by molar-refractivity contribution is -0.137. The molecule has 1 aromatic rings. The predicted molar refractivity (Wildman–Crippen MR) is 77.0 cm³/mol. The van der Waals surface area contributed by atoms with Crippen LogP contribution < -0.4 is 10.6 Å². The van der Waals surface area contributed by atoms with Gasteiger partial charge in [-0.1, -0.05) is 0 Å². The molecule has 1 atom stereocenters. The van der Waals surface area contributed by atoms with Gasteiger partial charge in [0.2, 0.25) is 5.91 Å². The molecule has 2 fully saturated rings. The first kappa shape index (κ1) is 14.6. The summed E-state index contributed by atoms with van der Waals surface area (Å²) >= 11 is 0. The average molecular weight is 305 g/mol. The van der Waals surface area contributed by atoms with Gasteiger partial charge >= 0.3 is 6.03 Å². The number of carbonyl (C=O) groups is 3. The van der Waals surface area contributed by atoms with Gasteiger partial charge < -0.3 is 10.2 Å². The third kappa shape index (κ3) is 2.68. The highest BCUT2D eigenvalue weighted by molar-refractivity contribution is 6.04. The zero-order valence-electron chi connectivity index (χ0n) is 12.6. The fraction of sp³-hybridized carbons (Fsp3) is 0.571. The van der Waals surface area contributed by atoms with Crippen LogP contribution in [-0.4, -0.2) is 51.7 Å². The molecule has 8 heteroatoms. The molecule has 0 aliphatic carbocycles. The number of nitrogens with zero attached hydrogens (tertiary/aromatic N) is 3. The first-order valence-electron chi connectivity index (χ1n) is 7.36. The van der Waals surface area contributed by atoms with Gasteiger partial charge in [-0.2, -0.15) is 5.10 Å². The van der Waals surface area contributed by atoms with Crippen molar-refractivity contribution in [3.05, 3.63) is 17.5 Å². The standard InChI is InChI=1S/C14H19N5O3/c1-8-5-9(2)19(17-8)10-6-18(7-10)12(20)4-3-11-13(21)16-14(22)15-11/h5,10-11H,3-4,6-7H2,1-2H3,(H2,15,16,21,22). The quantitative estimate of drug-likeness (QED) is 0.757. The Morgan fingerprint density at radius 1 is 1.36 bits per heavy atom. The van der Waals surface area contributed by atoms with Gasteiger partial charge in [-0.25, -0.2) is 4.79 Å². The van der Waals surface area contributed by atoms with Gasteiger partial charge in [0.25, 0.3) is 5.91 Å². The number of hydrogen-bond donors (Lipinski definition) is 2. The number of hydrogen-bond acceptors (Lipinski definition) is 4. The first-order valence-corrected chi connectivity index (χ1v) is 7.36. The molecule has 8 nitrogen and oxygen atoms in total. The third-order valence-corrected chi connectivity index (χ3v) is 4.11. The van der Waals surface area contributed by atoms with Crippen molar-refractivity contribution in [2.24, 2.45) is 0 Å². The minimum atomic E-state index is -0.593. The summed E-state index contributed by atoms with van der Waals surface area (Å²) < 4.78 is 1.96. The minimum Gasteiger partial charge on any atom is -0.338 e. The van der Waals surface area contributed by atoms with E-state index in [-0.39, 0.29) is 24.3 Å². The number of amides is 4. The first-order chi connectivity index (χ1) is 10.4. The Balaban J connectivity index is 1.46. The smallest absolute Gasteiger partial charge is 0.322 e. The van der Waals surface area contributed by atoms with Crippen LogP contribution in [0.5, 0.6) is 0 Å². The molecule has 2 aliphatic heterocycles. The van der Waals surface area contributed by atoms with Crippen LogP contribution in [0, 0.1) is 13.8 Å². The summed E-state index contributed by atoms with van der Waals surface area (Å²) in [5, 5.41) is 9.09. The SMILES string of the molecule is Cc1cc(C)n(C2CN(C(=O)CCC3NC(=O)NC3=O)C2)n1. The molecule has 4 amide bonds. The van der Waals surface area contributed by atoms with Crippen LogP contribution in [0.25, 0.3) is 0 Å². The van der Waals surface area contributed by atoms with Crippen LogP contribution in [0.15, 0.2) is 6.07 Å². The molecule has 3 heterocycles. The summed E-state index contributed by atoms with van der Waals surface area (Å²) in [5.41, 5.74) is 2.07. The molecule has 1 aromatic heterocycles. The van der Waals surface area contributed by atoms with E-state index in [1.165, 1.54) is 0 Å². The lowest BCUT2D eigenvalue weighted by Gasteiger charge is -2.40. The molecule has 2 aliphatic rings. The number of imide groups is 1. The second-order valence-electron chi connectivity index (χ2n) is 5.88. The van der Waals surface area contributed by atoms with E-state index in [9.17, 15) is 14.4 Å². The molecule has 0 saturated carbocycles. The summed E-state index contributed by atoms with van der Waals surface area (Å²) in [5.74, 6) is -0.353. The summed E-state index contributed by atoms with van der Waals surface area (Å²) in [4.78, 5) is 36.2. The van der Waals surface area contributed by atoms with Gasteiger partial charge in [0, 0.05) is 25.2 Å². The molecule has 3 rings (SSSR count). The Kier molecular flexibility index (Phi) is 3.59. The number of urea groups is 1. The van der Waals surface area contributed by atoms with Gasteiger partial charge in [0.1, 0.15) is 6.04 Å². The summed E-state index contributed by atoms with van der Waals surface area (Å²) in [6, 6.07) is 1.17. The molecule has 0 spiro atoms. The Labute approximate surface area is 127 Å². The summed E-state index contributed by atoms with van der Waals surface area (Å²) in [6.07, 6.45) is 0.583. The van der Waals surface area contributed by atoms with E-state index in [2.05, 4.69) is 15.7 Å².